The van der Waals surface area contributed by atoms with Crippen LogP contribution < -0.4 is 10.6 Å². The molecule has 104 valence electrons. The highest BCUT2D eigenvalue weighted by Gasteiger charge is 2.34. The van der Waals surface area contributed by atoms with Crippen molar-refractivity contribution in [2.75, 3.05) is 22.9 Å². The fraction of sp³-hybridized carbons (Fsp3) is 0.364. The minimum atomic E-state index is -4.57. The highest BCUT2D eigenvalue weighted by atomic mass is 79.9. The molecule has 1 fully saturated rings. The number of rotatable bonds is 3. The van der Waals surface area contributed by atoms with Crippen LogP contribution in [0.15, 0.2) is 22.7 Å². The molecule has 0 spiro atoms. The maximum absolute atomic E-state index is 12.6. The second kappa shape index (κ2) is 5.09. The summed E-state index contributed by atoms with van der Waals surface area (Å²) >= 11 is 3.26. The summed E-state index contributed by atoms with van der Waals surface area (Å²) in [6, 6.07) is 5.06. The third-order valence-electron chi connectivity index (χ3n) is 2.92. The fourth-order valence-electron chi connectivity index (χ4n) is 2.18. The number of carbonyl (C=O) groups excluding carboxylic acids is 1. The number of benzene rings is 1. The largest absolute Gasteiger partial charge is 0.397 e. The van der Waals surface area contributed by atoms with Crippen LogP contribution in [-0.2, 0) is 15.0 Å². The molecule has 1 heterocycles. The van der Waals surface area contributed by atoms with Gasteiger partial charge in [-0.05, 0) is 18.2 Å². The number of nitrogen functional groups attached to an aromatic ring is 1. The quantitative estimate of drug-likeness (QED) is 0.664. The average molecular weight is 351 g/mol. The summed E-state index contributed by atoms with van der Waals surface area (Å²) in [6.07, 6.45) is 0.0126. The predicted molar refractivity (Wildman–Crippen MR) is 73.9 cm³/mol. The number of halogens is 2. The van der Waals surface area contributed by atoms with Crippen LogP contribution in [0.1, 0.15) is 6.42 Å². The van der Waals surface area contributed by atoms with Crippen molar-refractivity contribution in [1.29, 1.82) is 0 Å². The van der Waals surface area contributed by atoms with Gasteiger partial charge in [-0.15, -0.1) is 3.89 Å². The van der Waals surface area contributed by atoms with E-state index in [4.69, 9.17) is 5.73 Å². The van der Waals surface area contributed by atoms with E-state index in [1.165, 1.54) is 4.90 Å². The molecule has 1 atom stereocenters. The molecule has 0 saturated carbocycles. The Morgan fingerprint density at radius 3 is 2.74 bits per heavy atom. The van der Waals surface area contributed by atoms with E-state index in [2.05, 4.69) is 15.9 Å². The van der Waals surface area contributed by atoms with Crippen molar-refractivity contribution >= 4 is 43.4 Å². The lowest BCUT2D eigenvalue weighted by atomic mass is 10.1. The molecule has 8 heteroatoms. The zero-order chi connectivity index (χ0) is 14.2. The number of anilines is 2. The van der Waals surface area contributed by atoms with Crippen molar-refractivity contribution in [3.63, 3.8) is 0 Å². The monoisotopic (exact) mass is 350 g/mol. The van der Waals surface area contributed by atoms with E-state index >= 15 is 0 Å². The van der Waals surface area contributed by atoms with E-state index in [1.807, 2.05) is 0 Å². The summed E-state index contributed by atoms with van der Waals surface area (Å²) in [6.45, 7) is 0.161. The number of amides is 1. The second-order valence-electron chi connectivity index (χ2n) is 4.48. The first-order valence-corrected chi connectivity index (χ1v) is 7.88. The number of nitrogens with two attached hydrogens (primary N) is 1. The van der Waals surface area contributed by atoms with Crippen molar-refractivity contribution in [2.24, 2.45) is 5.92 Å². The Bertz CT molecular complexity index is 620. The highest BCUT2D eigenvalue weighted by Crippen LogP contribution is 2.32. The normalized spacial score (nSPS) is 20.0. The maximum atomic E-state index is 12.6. The van der Waals surface area contributed by atoms with Gasteiger partial charge in [-0.2, -0.15) is 8.42 Å². The van der Waals surface area contributed by atoms with Crippen LogP contribution >= 0.6 is 15.9 Å². The van der Waals surface area contributed by atoms with E-state index in [1.54, 1.807) is 18.2 Å². The Hall–Kier alpha value is -1.15. The second-order valence-corrected chi connectivity index (χ2v) is 6.81. The summed E-state index contributed by atoms with van der Waals surface area (Å²) in [5, 5.41) is 0. The third kappa shape index (κ3) is 3.44. The molecule has 0 aliphatic carbocycles. The zero-order valence-corrected chi connectivity index (χ0v) is 12.2. The summed E-state index contributed by atoms with van der Waals surface area (Å²) in [5.41, 5.74) is 6.75. The Labute approximate surface area is 118 Å². The molecule has 0 bridgehead atoms. The van der Waals surface area contributed by atoms with Gasteiger partial charge in [0.15, 0.2) is 0 Å². The molecule has 2 rings (SSSR count). The van der Waals surface area contributed by atoms with Gasteiger partial charge in [0.25, 0.3) is 0 Å². The topological polar surface area (TPSA) is 80.5 Å². The lowest BCUT2D eigenvalue weighted by molar-refractivity contribution is -0.117. The third-order valence-corrected chi connectivity index (χ3v) is 4.28. The zero-order valence-electron chi connectivity index (χ0n) is 9.84. The summed E-state index contributed by atoms with van der Waals surface area (Å²) < 4.78 is 34.7. The Balaban J connectivity index is 2.20. The van der Waals surface area contributed by atoms with Crippen LogP contribution in [0.3, 0.4) is 0 Å². The SMILES string of the molecule is Nc1cc(Br)ccc1N1CC(CS(=O)(=O)F)CC1=O. The average Bonchev–Trinajstić information content (AvgIpc) is 2.56. The minimum Gasteiger partial charge on any atom is -0.397 e. The van der Waals surface area contributed by atoms with E-state index in [0.29, 0.717) is 11.4 Å². The van der Waals surface area contributed by atoms with Crippen molar-refractivity contribution in [3.05, 3.63) is 22.7 Å². The molecule has 1 aromatic carbocycles. The van der Waals surface area contributed by atoms with Crippen LogP contribution in [0.4, 0.5) is 15.3 Å². The van der Waals surface area contributed by atoms with Gasteiger partial charge in [-0.3, -0.25) is 4.79 Å². The molecule has 1 unspecified atom stereocenters. The first-order valence-electron chi connectivity index (χ1n) is 5.54. The summed E-state index contributed by atoms with van der Waals surface area (Å²) in [4.78, 5) is 13.2. The van der Waals surface area contributed by atoms with Gasteiger partial charge in [0, 0.05) is 23.4 Å². The molecular weight excluding hydrogens is 339 g/mol. The van der Waals surface area contributed by atoms with Crippen molar-refractivity contribution < 1.29 is 17.1 Å². The van der Waals surface area contributed by atoms with Crippen molar-refractivity contribution in [3.8, 4) is 0 Å². The molecule has 1 aliphatic rings. The van der Waals surface area contributed by atoms with Gasteiger partial charge in [-0.1, -0.05) is 15.9 Å². The standard InChI is InChI=1S/C11H12BrFN2O3S/c12-8-1-2-10(9(14)4-8)15-5-7(3-11(15)16)6-19(13,17)18/h1-2,4,7H,3,5-6,14H2. The molecular formula is C11H12BrFN2O3S. The van der Waals surface area contributed by atoms with Crippen LogP contribution in [0, 0.1) is 5.92 Å². The molecule has 0 radical (unpaired) electrons. The van der Waals surface area contributed by atoms with Gasteiger partial charge in [-0.25, -0.2) is 0 Å². The highest BCUT2D eigenvalue weighted by molar-refractivity contribution is 9.10. The molecule has 1 saturated heterocycles. The minimum absolute atomic E-state index is 0.0126. The van der Waals surface area contributed by atoms with E-state index in [-0.39, 0.29) is 18.9 Å². The Kier molecular flexibility index (Phi) is 3.82. The first kappa shape index (κ1) is 14.3. The van der Waals surface area contributed by atoms with Gasteiger partial charge in [0.2, 0.25) is 5.91 Å². The number of hydrogen-bond acceptors (Lipinski definition) is 4. The first-order chi connectivity index (χ1) is 8.76. The summed E-state index contributed by atoms with van der Waals surface area (Å²) in [7, 11) is -4.57. The number of hydrogen-bond donors (Lipinski definition) is 1. The van der Waals surface area contributed by atoms with Crippen LogP contribution in [0.5, 0.6) is 0 Å². The molecule has 1 aliphatic heterocycles. The van der Waals surface area contributed by atoms with Crippen LogP contribution in [0.2, 0.25) is 0 Å². The molecule has 1 amide bonds. The van der Waals surface area contributed by atoms with Crippen LogP contribution in [0.25, 0.3) is 0 Å². The van der Waals surface area contributed by atoms with E-state index in [0.717, 1.165) is 4.47 Å². The van der Waals surface area contributed by atoms with Crippen molar-refractivity contribution in [1.82, 2.24) is 0 Å². The Morgan fingerprint density at radius 2 is 2.16 bits per heavy atom. The van der Waals surface area contributed by atoms with Gasteiger partial charge in [0.1, 0.15) is 0 Å². The molecule has 19 heavy (non-hydrogen) atoms. The number of carbonyl (C=O) groups is 1. The van der Waals surface area contributed by atoms with Crippen LogP contribution in [-0.4, -0.2) is 26.6 Å². The maximum Gasteiger partial charge on any atom is 0.302 e. The molecule has 2 N–H and O–H groups in total. The summed E-state index contributed by atoms with van der Waals surface area (Å²) in [5.74, 6) is -1.42. The smallest absolute Gasteiger partial charge is 0.302 e. The molecule has 1 aromatic rings. The van der Waals surface area contributed by atoms with Gasteiger partial charge >= 0.3 is 10.2 Å². The fourth-order valence-corrected chi connectivity index (χ4v) is 3.34. The Morgan fingerprint density at radius 1 is 1.47 bits per heavy atom. The lowest BCUT2D eigenvalue weighted by Gasteiger charge is -2.18. The molecule has 5 nitrogen and oxygen atoms in total. The molecule has 0 aromatic heterocycles. The van der Waals surface area contributed by atoms with Gasteiger partial charge in [0.05, 0.1) is 17.1 Å². The van der Waals surface area contributed by atoms with E-state index in [9.17, 15) is 17.1 Å². The lowest BCUT2D eigenvalue weighted by Crippen LogP contribution is -2.26. The number of nitrogens with zero attached hydrogens (tertiary/aromatic N) is 1. The van der Waals surface area contributed by atoms with Crippen molar-refractivity contribution in [2.45, 2.75) is 6.42 Å². The predicted octanol–water partition coefficient (Wildman–Crippen LogP) is 1.68. The van der Waals surface area contributed by atoms with Gasteiger partial charge < -0.3 is 10.6 Å². The van der Waals surface area contributed by atoms with E-state index < -0.39 is 21.9 Å².